The van der Waals surface area contributed by atoms with Crippen LogP contribution in [0.3, 0.4) is 0 Å². The van der Waals surface area contributed by atoms with Crippen LogP contribution in [0.25, 0.3) is 0 Å². The molecule has 0 amide bonds. The molecule has 0 aromatic carbocycles. The van der Waals surface area contributed by atoms with Gasteiger partial charge in [0.25, 0.3) is 0 Å². The first-order chi connectivity index (χ1) is 8.74. The number of unbranched alkanes of at least 4 members (excludes halogenated alkanes) is 1. The number of hydrogen-bond donors (Lipinski definition) is 2. The second kappa shape index (κ2) is 9.03. The van der Waals surface area contributed by atoms with Crippen LogP contribution in [0, 0.1) is 6.92 Å². The minimum absolute atomic E-state index is 0.402. The minimum Gasteiger partial charge on any atom is -0.389 e. The van der Waals surface area contributed by atoms with Gasteiger partial charge in [0.15, 0.2) is 0 Å². The van der Waals surface area contributed by atoms with Crippen LogP contribution in [0.2, 0.25) is 0 Å². The van der Waals surface area contributed by atoms with Crippen molar-refractivity contribution in [3.8, 4) is 0 Å². The average molecular weight is 252 g/mol. The Hall–Kier alpha value is -0.970. The summed E-state index contributed by atoms with van der Waals surface area (Å²) in [4.78, 5) is 4.09. The van der Waals surface area contributed by atoms with Crippen molar-refractivity contribution in [2.24, 2.45) is 0 Å². The molecule has 0 aliphatic heterocycles. The minimum atomic E-state index is -0.446. The average Bonchev–Trinajstić information content (AvgIpc) is 2.37. The summed E-state index contributed by atoms with van der Waals surface area (Å²) < 4.78 is 5.36. The Kier molecular flexibility index (Phi) is 7.57. The lowest BCUT2D eigenvalue weighted by atomic mass is 10.1. The molecule has 0 spiro atoms. The molecular weight excluding hydrogens is 228 g/mol. The Balaban J connectivity index is 2.12. The Morgan fingerprint density at radius 2 is 2.33 bits per heavy atom. The molecule has 0 aliphatic carbocycles. The summed E-state index contributed by atoms with van der Waals surface area (Å²) in [7, 11) is 0. The number of ether oxygens (including phenoxy) is 1. The fourth-order valence-electron chi connectivity index (χ4n) is 1.58. The highest BCUT2D eigenvalue weighted by Gasteiger charge is 2.04. The topological polar surface area (TPSA) is 54.4 Å². The van der Waals surface area contributed by atoms with Crippen LogP contribution in [0.15, 0.2) is 18.5 Å². The Morgan fingerprint density at radius 1 is 1.50 bits per heavy atom. The van der Waals surface area contributed by atoms with Crippen LogP contribution in [0.4, 0.5) is 0 Å². The van der Waals surface area contributed by atoms with Crippen molar-refractivity contribution in [3.63, 3.8) is 0 Å². The van der Waals surface area contributed by atoms with E-state index in [1.54, 1.807) is 6.20 Å². The van der Waals surface area contributed by atoms with Gasteiger partial charge >= 0.3 is 0 Å². The van der Waals surface area contributed by atoms with Crippen molar-refractivity contribution in [1.82, 2.24) is 10.3 Å². The Labute approximate surface area is 109 Å². The molecule has 1 aromatic heterocycles. The van der Waals surface area contributed by atoms with Gasteiger partial charge in [0.2, 0.25) is 0 Å². The zero-order valence-electron chi connectivity index (χ0n) is 11.4. The Morgan fingerprint density at radius 3 is 3.06 bits per heavy atom. The van der Waals surface area contributed by atoms with Gasteiger partial charge < -0.3 is 15.2 Å². The van der Waals surface area contributed by atoms with E-state index < -0.39 is 6.10 Å². The predicted molar refractivity (Wildman–Crippen MR) is 72.4 cm³/mol. The van der Waals surface area contributed by atoms with E-state index >= 15 is 0 Å². The standard InChI is InChI=1S/C14H24N2O2/c1-3-4-7-18-11-14(17)10-16-9-13-8-15-6-5-12(13)2/h5-6,8,14,16-17H,3-4,7,9-11H2,1-2H3. The van der Waals surface area contributed by atoms with E-state index in [9.17, 15) is 5.11 Å². The molecule has 0 aliphatic rings. The van der Waals surface area contributed by atoms with E-state index in [-0.39, 0.29) is 0 Å². The highest BCUT2D eigenvalue weighted by Crippen LogP contribution is 2.03. The molecule has 1 atom stereocenters. The van der Waals surface area contributed by atoms with Crippen LogP contribution in [-0.2, 0) is 11.3 Å². The summed E-state index contributed by atoms with van der Waals surface area (Å²) in [6, 6.07) is 1.99. The van der Waals surface area contributed by atoms with Gasteiger partial charge in [-0.2, -0.15) is 0 Å². The zero-order valence-corrected chi connectivity index (χ0v) is 11.4. The molecular formula is C14H24N2O2. The molecule has 4 nitrogen and oxygen atoms in total. The second-order valence-electron chi connectivity index (χ2n) is 4.52. The summed E-state index contributed by atoms with van der Waals surface area (Å²) in [5.41, 5.74) is 2.38. The van der Waals surface area contributed by atoms with Gasteiger partial charge in [-0.3, -0.25) is 4.98 Å². The first-order valence-corrected chi connectivity index (χ1v) is 6.60. The third kappa shape index (κ3) is 6.10. The number of nitrogens with one attached hydrogen (secondary N) is 1. The maximum absolute atomic E-state index is 9.69. The van der Waals surface area contributed by atoms with Crippen molar-refractivity contribution in [1.29, 1.82) is 0 Å². The molecule has 0 bridgehead atoms. The molecule has 2 N–H and O–H groups in total. The molecule has 1 aromatic rings. The quantitative estimate of drug-likeness (QED) is 0.656. The number of pyridine rings is 1. The first kappa shape index (κ1) is 15.1. The SMILES string of the molecule is CCCCOCC(O)CNCc1cnccc1C. The lowest BCUT2D eigenvalue weighted by Gasteiger charge is -2.13. The number of hydrogen-bond acceptors (Lipinski definition) is 4. The van der Waals surface area contributed by atoms with E-state index in [1.165, 1.54) is 5.56 Å². The summed E-state index contributed by atoms with van der Waals surface area (Å²) in [5, 5.41) is 12.9. The van der Waals surface area contributed by atoms with E-state index in [1.807, 2.05) is 12.3 Å². The van der Waals surface area contributed by atoms with Gasteiger partial charge in [0.1, 0.15) is 0 Å². The molecule has 4 heteroatoms. The van der Waals surface area contributed by atoms with Crippen molar-refractivity contribution in [3.05, 3.63) is 29.6 Å². The fourth-order valence-corrected chi connectivity index (χ4v) is 1.58. The van der Waals surface area contributed by atoms with Crippen LogP contribution in [-0.4, -0.2) is 36.0 Å². The van der Waals surface area contributed by atoms with Gasteiger partial charge in [0, 0.05) is 32.1 Å². The van der Waals surface area contributed by atoms with Crippen LogP contribution in [0.1, 0.15) is 30.9 Å². The van der Waals surface area contributed by atoms with Crippen molar-refractivity contribution >= 4 is 0 Å². The normalized spacial score (nSPS) is 12.6. The van der Waals surface area contributed by atoms with E-state index in [0.717, 1.165) is 31.6 Å². The third-order valence-corrected chi connectivity index (χ3v) is 2.80. The van der Waals surface area contributed by atoms with Gasteiger partial charge in [-0.05, 0) is 30.5 Å². The summed E-state index contributed by atoms with van der Waals surface area (Å²) >= 11 is 0. The molecule has 18 heavy (non-hydrogen) atoms. The first-order valence-electron chi connectivity index (χ1n) is 6.60. The molecule has 102 valence electrons. The van der Waals surface area contributed by atoms with E-state index in [0.29, 0.717) is 13.2 Å². The van der Waals surface area contributed by atoms with Crippen LogP contribution in [0.5, 0.6) is 0 Å². The number of aliphatic hydroxyl groups is 1. The number of aliphatic hydroxyl groups excluding tert-OH is 1. The molecule has 0 fully saturated rings. The Bertz CT molecular complexity index is 331. The van der Waals surface area contributed by atoms with Crippen molar-refractivity contribution in [2.45, 2.75) is 39.3 Å². The number of aromatic nitrogens is 1. The third-order valence-electron chi connectivity index (χ3n) is 2.80. The molecule has 1 rings (SSSR count). The smallest absolute Gasteiger partial charge is 0.0897 e. The summed E-state index contributed by atoms with van der Waals surface area (Å²) in [6.45, 7) is 6.58. The van der Waals surface area contributed by atoms with Crippen molar-refractivity contribution < 1.29 is 9.84 Å². The molecule has 1 unspecified atom stereocenters. The van der Waals surface area contributed by atoms with E-state index in [4.69, 9.17) is 4.74 Å². The van der Waals surface area contributed by atoms with Gasteiger partial charge in [-0.1, -0.05) is 13.3 Å². The van der Waals surface area contributed by atoms with Crippen molar-refractivity contribution in [2.75, 3.05) is 19.8 Å². The highest BCUT2D eigenvalue weighted by molar-refractivity contribution is 5.20. The maximum atomic E-state index is 9.69. The van der Waals surface area contributed by atoms with Crippen LogP contribution >= 0.6 is 0 Å². The summed E-state index contributed by atoms with van der Waals surface area (Å²) in [5.74, 6) is 0. The summed E-state index contributed by atoms with van der Waals surface area (Å²) in [6.07, 6.45) is 5.37. The van der Waals surface area contributed by atoms with Gasteiger partial charge in [-0.15, -0.1) is 0 Å². The highest BCUT2D eigenvalue weighted by atomic mass is 16.5. The molecule has 1 heterocycles. The monoisotopic (exact) mass is 252 g/mol. The number of aryl methyl sites for hydroxylation is 1. The van der Waals surface area contributed by atoms with Gasteiger partial charge in [-0.25, -0.2) is 0 Å². The number of rotatable bonds is 9. The van der Waals surface area contributed by atoms with Crippen LogP contribution < -0.4 is 5.32 Å². The predicted octanol–water partition coefficient (Wildman–Crippen LogP) is 1.66. The largest absolute Gasteiger partial charge is 0.389 e. The molecule has 0 radical (unpaired) electrons. The zero-order chi connectivity index (χ0) is 13.2. The lowest BCUT2D eigenvalue weighted by molar-refractivity contribution is 0.0358. The molecule has 0 saturated heterocycles. The number of nitrogens with zero attached hydrogens (tertiary/aromatic N) is 1. The maximum Gasteiger partial charge on any atom is 0.0897 e. The van der Waals surface area contributed by atoms with E-state index in [2.05, 4.69) is 24.1 Å². The molecule has 0 saturated carbocycles. The van der Waals surface area contributed by atoms with Gasteiger partial charge in [0.05, 0.1) is 12.7 Å². The lowest BCUT2D eigenvalue weighted by Crippen LogP contribution is -2.30. The second-order valence-corrected chi connectivity index (χ2v) is 4.52. The fraction of sp³-hybridized carbons (Fsp3) is 0.643.